The summed E-state index contributed by atoms with van der Waals surface area (Å²) >= 11 is 0. The van der Waals surface area contributed by atoms with E-state index in [1.807, 2.05) is 26.8 Å². The number of aliphatic hydroxyl groups excluding tert-OH is 1. The molecule has 2 aliphatic rings. The van der Waals surface area contributed by atoms with Crippen LogP contribution in [0.25, 0.3) is 0 Å². The number of carbonyl (C=O) groups is 3. The zero-order valence-corrected chi connectivity index (χ0v) is 13.9. The number of rotatable bonds is 7. The molecule has 2 saturated heterocycles. The van der Waals surface area contributed by atoms with E-state index in [-0.39, 0.29) is 60.9 Å². The largest absolute Gasteiger partial charge is 0.393 e. The highest BCUT2D eigenvalue weighted by molar-refractivity contribution is 5.97. The maximum absolute atomic E-state index is 12.2. The molecule has 0 aliphatic carbocycles. The number of imide groups is 1. The van der Waals surface area contributed by atoms with Crippen molar-refractivity contribution >= 4 is 17.6 Å². The van der Waals surface area contributed by atoms with E-state index in [1.54, 1.807) is 0 Å². The van der Waals surface area contributed by atoms with Crippen molar-refractivity contribution in [2.75, 3.05) is 0 Å². The summed E-state index contributed by atoms with van der Waals surface area (Å²) in [6.07, 6.45) is 2.18. The molecule has 2 aliphatic heterocycles. The molecule has 0 saturated carbocycles. The number of hydrogen-bond donors (Lipinski definition) is 2. The highest BCUT2D eigenvalue weighted by atomic mass is 16.6. The number of Topliss-reactive ketones (excluding diaryl/α,β-unsaturated/α-hetero) is 1. The second-order valence-corrected chi connectivity index (χ2v) is 6.77. The van der Waals surface area contributed by atoms with E-state index in [4.69, 9.17) is 4.74 Å². The van der Waals surface area contributed by atoms with Gasteiger partial charge in [-0.05, 0) is 31.8 Å². The fourth-order valence-corrected chi connectivity index (χ4v) is 3.15. The van der Waals surface area contributed by atoms with Gasteiger partial charge < -0.3 is 9.84 Å². The van der Waals surface area contributed by atoms with E-state index in [0.717, 1.165) is 5.57 Å². The number of aliphatic hydroxyl groups is 1. The average molecular weight is 323 g/mol. The predicted octanol–water partition coefficient (Wildman–Crippen LogP) is 1.12. The van der Waals surface area contributed by atoms with Crippen LogP contribution in [0.1, 0.15) is 46.5 Å². The maximum atomic E-state index is 12.2. The van der Waals surface area contributed by atoms with Gasteiger partial charge in [-0.3, -0.25) is 19.7 Å². The molecule has 4 atom stereocenters. The molecular formula is C17H25NO5. The van der Waals surface area contributed by atoms with Crippen LogP contribution in [0, 0.1) is 11.8 Å². The van der Waals surface area contributed by atoms with Crippen molar-refractivity contribution < 1.29 is 24.2 Å². The molecule has 0 radical (unpaired) electrons. The second kappa shape index (κ2) is 7.36. The fraction of sp³-hybridized carbons (Fsp3) is 0.706. The van der Waals surface area contributed by atoms with Crippen molar-refractivity contribution in [1.29, 1.82) is 0 Å². The van der Waals surface area contributed by atoms with Crippen LogP contribution in [0.4, 0.5) is 0 Å². The lowest BCUT2D eigenvalue weighted by atomic mass is 9.88. The smallest absolute Gasteiger partial charge is 0.226 e. The molecular weight excluding hydrogens is 298 g/mol. The topological polar surface area (TPSA) is 96.0 Å². The van der Waals surface area contributed by atoms with E-state index in [2.05, 4.69) is 5.32 Å². The van der Waals surface area contributed by atoms with Crippen molar-refractivity contribution in [3.8, 4) is 0 Å². The van der Waals surface area contributed by atoms with Crippen LogP contribution in [0.3, 0.4) is 0 Å². The third kappa shape index (κ3) is 5.25. The van der Waals surface area contributed by atoms with Crippen LogP contribution in [0.15, 0.2) is 11.6 Å². The highest BCUT2D eigenvalue weighted by Gasteiger charge is 2.35. The Hall–Kier alpha value is -1.53. The summed E-state index contributed by atoms with van der Waals surface area (Å²) in [6, 6.07) is 0. The summed E-state index contributed by atoms with van der Waals surface area (Å²) in [5, 5.41) is 12.3. The molecule has 23 heavy (non-hydrogen) atoms. The predicted molar refractivity (Wildman–Crippen MR) is 83.4 cm³/mol. The Morgan fingerprint density at radius 1 is 1.39 bits per heavy atom. The monoisotopic (exact) mass is 323 g/mol. The standard InChI is InChI=1S/C17H25NO5/c1-9(4-10(2)17-11(3)23-17)14(20)8-13(19)5-12-6-15(21)18-16(22)7-12/h4,9,11-13,17,19H,5-8H2,1-3H3,(H,18,21,22)/b10-4+/t9-,11?,13?,17?/m0/s1. The van der Waals surface area contributed by atoms with Gasteiger partial charge in [-0.1, -0.05) is 13.0 Å². The highest BCUT2D eigenvalue weighted by Crippen LogP contribution is 2.29. The first-order valence-corrected chi connectivity index (χ1v) is 8.13. The van der Waals surface area contributed by atoms with Crippen LogP contribution in [0.5, 0.6) is 0 Å². The van der Waals surface area contributed by atoms with Crippen molar-refractivity contribution in [3.05, 3.63) is 11.6 Å². The Kier molecular flexibility index (Phi) is 5.70. The van der Waals surface area contributed by atoms with E-state index in [0.29, 0.717) is 6.42 Å². The Bertz CT molecular complexity index is 511. The summed E-state index contributed by atoms with van der Waals surface area (Å²) in [7, 11) is 0. The summed E-state index contributed by atoms with van der Waals surface area (Å²) in [5.41, 5.74) is 1.04. The van der Waals surface area contributed by atoms with E-state index in [1.165, 1.54) is 0 Å². The van der Waals surface area contributed by atoms with Crippen molar-refractivity contribution in [3.63, 3.8) is 0 Å². The van der Waals surface area contributed by atoms with Gasteiger partial charge in [-0.15, -0.1) is 0 Å². The molecule has 0 aromatic heterocycles. The third-order valence-electron chi connectivity index (χ3n) is 4.45. The number of piperidine rings is 1. The van der Waals surface area contributed by atoms with Crippen LogP contribution < -0.4 is 5.32 Å². The molecule has 128 valence electrons. The second-order valence-electron chi connectivity index (χ2n) is 6.77. The van der Waals surface area contributed by atoms with Gasteiger partial charge in [0.15, 0.2) is 0 Å². The summed E-state index contributed by atoms with van der Waals surface area (Å²) in [6.45, 7) is 5.74. The number of nitrogens with one attached hydrogen (secondary N) is 1. The molecule has 2 amide bonds. The van der Waals surface area contributed by atoms with E-state index < -0.39 is 6.10 Å². The molecule has 2 heterocycles. The van der Waals surface area contributed by atoms with Crippen molar-refractivity contribution in [2.24, 2.45) is 11.8 Å². The minimum absolute atomic E-state index is 0.0400. The van der Waals surface area contributed by atoms with Crippen LogP contribution in [0.2, 0.25) is 0 Å². The lowest BCUT2D eigenvalue weighted by Crippen LogP contribution is -2.39. The minimum atomic E-state index is -0.821. The summed E-state index contributed by atoms with van der Waals surface area (Å²) in [4.78, 5) is 34.8. The Morgan fingerprint density at radius 3 is 2.48 bits per heavy atom. The first kappa shape index (κ1) is 17.8. The van der Waals surface area contributed by atoms with Crippen molar-refractivity contribution in [1.82, 2.24) is 5.32 Å². The lowest BCUT2D eigenvalue weighted by molar-refractivity contribution is -0.135. The molecule has 0 bridgehead atoms. The summed E-state index contributed by atoms with van der Waals surface area (Å²) < 4.78 is 5.36. The van der Waals surface area contributed by atoms with Gasteiger partial charge in [-0.25, -0.2) is 0 Å². The van der Waals surface area contributed by atoms with Crippen LogP contribution >= 0.6 is 0 Å². The lowest BCUT2D eigenvalue weighted by Gasteiger charge is -2.23. The van der Waals surface area contributed by atoms with Gasteiger partial charge >= 0.3 is 0 Å². The third-order valence-corrected chi connectivity index (χ3v) is 4.45. The molecule has 0 aromatic rings. The molecule has 0 aromatic carbocycles. The first-order chi connectivity index (χ1) is 10.8. The Balaban J connectivity index is 1.79. The van der Waals surface area contributed by atoms with Gasteiger partial charge in [0.2, 0.25) is 11.8 Å². The normalized spacial score (nSPS) is 28.3. The molecule has 2 N–H and O–H groups in total. The van der Waals surface area contributed by atoms with Crippen LogP contribution in [-0.4, -0.2) is 41.0 Å². The maximum Gasteiger partial charge on any atom is 0.226 e. The Labute approximate surface area is 136 Å². The number of allylic oxidation sites excluding steroid dienone is 1. The number of epoxide rings is 1. The average Bonchev–Trinajstić information content (AvgIpc) is 3.14. The van der Waals surface area contributed by atoms with Gasteiger partial charge in [0, 0.05) is 25.2 Å². The van der Waals surface area contributed by atoms with Gasteiger partial charge in [0.1, 0.15) is 11.9 Å². The molecule has 6 heteroatoms. The fourth-order valence-electron chi connectivity index (χ4n) is 3.15. The molecule has 6 nitrogen and oxygen atoms in total. The van der Waals surface area contributed by atoms with E-state index in [9.17, 15) is 19.5 Å². The zero-order chi connectivity index (χ0) is 17.1. The molecule has 0 spiro atoms. The first-order valence-electron chi connectivity index (χ1n) is 8.13. The van der Waals surface area contributed by atoms with E-state index >= 15 is 0 Å². The SMILES string of the molecule is C/C(=C\[C@H](C)C(=O)CC(O)CC1CC(=O)NC(=O)C1)C1OC1C. The quantitative estimate of drug-likeness (QED) is 0.416. The minimum Gasteiger partial charge on any atom is -0.393 e. The zero-order valence-electron chi connectivity index (χ0n) is 13.9. The van der Waals surface area contributed by atoms with Gasteiger partial charge in [0.25, 0.3) is 0 Å². The van der Waals surface area contributed by atoms with Crippen LogP contribution in [-0.2, 0) is 19.1 Å². The molecule has 2 rings (SSSR count). The number of hydrogen-bond acceptors (Lipinski definition) is 5. The molecule has 3 unspecified atom stereocenters. The molecule has 2 fully saturated rings. The number of amides is 2. The summed E-state index contributed by atoms with van der Waals surface area (Å²) in [5.74, 6) is -1.13. The van der Waals surface area contributed by atoms with Crippen molar-refractivity contribution in [2.45, 2.75) is 64.8 Å². The van der Waals surface area contributed by atoms with Gasteiger partial charge in [-0.2, -0.15) is 0 Å². The van der Waals surface area contributed by atoms with Gasteiger partial charge in [0.05, 0.1) is 12.2 Å². The Morgan fingerprint density at radius 2 is 1.96 bits per heavy atom. The number of ketones is 1. The number of carbonyl (C=O) groups excluding carboxylic acids is 3. The number of ether oxygens (including phenoxy) is 1.